The normalized spacial score (nSPS) is 10.8. The summed E-state index contributed by atoms with van der Waals surface area (Å²) in [5.74, 6) is 0.766. The maximum Gasteiger partial charge on any atom is 0.0106 e. The third-order valence-electron chi connectivity index (χ3n) is 1.54. The van der Waals surface area contributed by atoms with Crippen LogP contribution in [0.5, 0.6) is 0 Å². The molecule has 0 bridgehead atoms. The molecular weight excluding hydrogens is 122 g/mol. The number of hydrogen-bond acceptors (Lipinski definition) is 0. The molecule has 0 radical (unpaired) electrons. The highest BCUT2D eigenvalue weighted by molar-refractivity contribution is 5.10. The van der Waals surface area contributed by atoms with E-state index in [1.807, 2.05) is 0 Å². The van der Waals surface area contributed by atoms with E-state index in [9.17, 15) is 0 Å². The molecule has 0 aliphatic carbocycles. The first-order valence-electron chi connectivity index (χ1n) is 3.79. The highest BCUT2D eigenvalue weighted by atomic mass is 14.9. The molecule has 56 valence electrons. The van der Waals surface area contributed by atoms with Crippen LogP contribution in [0, 0.1) is 5.92 Å². The van der Waals surface area contributed by atoms with Crippen molar-refractivity contribution < 1.29 is 0 Å². The van der Waals surface area contributed by atoms with Gasteiger partial charge in [-0.25, -0.2) is 0 Å². The molecule has 0 aromatic carbocycles. The lowest BCUT2D eigenvalue weighted by Crippen LogP contribution is -1.91. The second-order valence-electron chi connectivity index (χ2n) is 3.28. The summed E-state index contributed by atoms with van der Waals surface area (Å²) in [5, 5.41) is 0. The summed E-state index contributed by atoms with van der Waals surface area (Å²) in [7, 11) is 2.06. The summed E-state index contributed by atoms with van der Waals surface area (Å²) in [6.07, 6.45) is 5.47. The Morgan fingerprint density at radius 3 is 2.60 bits per heavy atom. The molecule has 0 atom stereocenters. The zero-order valence-corrected chi connectivity index (χ0v) is 6.96. The maximum atomic E-state index is 2.24. The molecule has 1 rings (SSSR count). The van der Waals surface area contributed by atoms with E-state index >= 15 is 0 Å². The third-order valence-corrected chi connectivity index (χ3v) is 1.54. The van der Waals surface area contributed by atoms with Crippen LogP contribution < -0.4 is 0 Å². The fourth-order valence-corrected chi connectivity index (χ4v) is 1.15. The predicted octanol–water partition coefficient (Wildman–Crippen LogP) is 2.22. The van der Waals surface area contributed by atoms with Gasteiger partial charge in [-0.1, -0.05) is 13.8 Å². The Bertz CT molecular complexity index is 198. The first-order chi connectivity index (χ1) is 4.68. The van der Waals surface area contributed by atoms with Gasteiger partial charge in [0.25, 0.3) is 0 Å². The summed E-state index contributed by atoms with van der Waals surface area (Å²) >= 11 is 0. The minimum Gasteiger partial charge on any atom is -0.357 e. The van der Waals surface area contributed by atoms with Crippen molar-refractivity contribution in [1.29, 1.82) is 0 Å². The second-order valence-corrected chi connectivity index (χ2v) is 3.28. The zero-order chi connectivity index (χ0) is 7.56. The summed E-state index contributed by atoms with van der Waals surface area (Å²) in [4.78, 5) is 0. The van der Waals surface area contributed by atoms with Crippen molar-refractivity contribution in [2.45, 2.75) is 20.3 Å². The minimum atomic E-state index is 0.766. The predicted molar refractivity (Wildman–Crippen MR) is 44.0 cm³/mol. The molecule has 0 saturated carbocycles. The van der Waals surface area contributed by atoms with E-state index in [2.05, 4.69) is 43.9 Å². The number of aryl methyl sites for hydroxylation is 1. The minimum absolute atomic E-state index is 0.766. The SMILES string of the molecule is CC(C)Cc1ccn(C)c1. The molecule has 1 heteroatoms. The average molecular weight is 137 g/mol. The van der Waals surface area contributed by atoms with Gasteiger partial charge in [-0.3, -0.25) is 0 Å². The van der Waals surface area contributed by atoms with Gasteiger partial charge < -0.3 is 4.57 Å². The summed E-state index contributed by atoms with van der Waals surface area (Å²) < 4.78 is 2.09. The van der Waals surface area contributed by atoms with Crippen LogP contribution in [0.2, 0.25) is 0 Å². The topological polar surface area (TPSA) is 4.93 Å². The van der Waals surface area contributed by atoms with Crippen molar-refractivity contribution in [3.8, 4) is 0 Å². The van der Waals surface area contributed by atoms with Crippen molar-refractivity contribution in [2.24, 2.45) is 13.0 Å². The van der Waals surface area contributed by atoms with E-state index in [1.54, 1.807) is 0 Å². The lowest BCUT2D eigenvalue weighted by molar-refractivity contribution is 0.646. The van der Waals surface area contributed by atoms with Crippen LogP contribution in [0.1, 0.15) is 19.4 Å². The first kappa shape index (κ1) is 7.39. The molecule has 0 saturated heterocycles. The molecular formula is C9H15N. The fourth-order valence-electron chi connectivity index (χ4n) is 1.15. The first-order valence-corrected chi connectivity index (χ1v) is 3.79. The van der Waals surface area contributed by atoms with Gasteiger partial charge in [0.05, 0.1) is 0 Å². The largest absolute Gasteiger partial charge is 0.357 e. The molecule has 0 fully saturated rings. The van der Waals surface area contributed by atoms with Crippen LogP contribution in [0.15, 0.2) is 18.5 Å². The molecule has 0 aliphatic heterocycles. The molecule has 1 heterocycles. The van der Waals surface area contributed by atoms with Crippen LogP contribution in [-0.4, -0.2) is 4.57 Å². The van der Waals surface area contributed by atoms with Gasteiger partial charge >= 0.3 is 0 Å². The monoisotopic (exact) mass is 137 g/mol. The smallest absolute Gasteiger partial charge is 0.0106 e. The summed E-state index contributed by atoms with van der Waals surface area (Å²) in [6, 6.07) is 2.18. The Morgan fingerprint density at radius 1 is 1.50 bits per heavy atom. The van der Waals surface area contributed by atoms with E-state index in [-0.39, 0.29) is 0 Å². The Morgan fingerprint density at radius 2 is 2.20 bits per heavy atom. The third kappa shape index (κ3) is 1.90. The van der Waals surface area contributed by atoms with Crippen LogP contribution >= 0.6 is 0 Å². The van der Waals surface area contributed by atoms with E-state index in [1.165, 1.54) is 12.0 Å². The van der Waals surface area contributed by atoms with Gasteiger partial charge in [0.15, 0.2) is 0 Å². The van der Waals surface area contributed by atoms with Gasteiger partial charge in [-0.2, -0.15) is 0 Å². The fraction of sp³-hybridized carbons (Fsp3) is 0.556. The molecule has 0 aliphatic rings. The van der Waals surface area contributed by atoms with Crippen LogP contribution in [-0.2, 0) is 13.5 Å². The summed E-state index contributed by atoms with van der Waals surface area (Å²) in [5.41, 5.74) is 1.44. The van der Waals surface area contributed by atoms with Crippen molar-refractivity contribution in [3.63, 3.8) is 0 Å². The van der Waals surface area contributed by atoms with E-state index in [0.29, 0.717) is 0 Å². The van der Waals surface area contributed by atoms with Crippen molar-refractivity contribution in [1.82, 2.24) is 4.57 Å². The molecule has 1 aromatic rings. The van der Waals surface area contributed by atoms with E-state index in [4.69, 9.17) is 0 Å². The van der Waals surface area contributed by atoms with Crippen LogP contribution in [0.3, 0.4) is 0 Å². The van der Waals surface area contributed by atoms with Gasteiger partial charge in [0.1, 0.15) is 0 Å². The van der Waals surface area contributed by atoms with Crippen LogP contribution in [0.4, 0.5) is 0 Å². The van der Waals surface area contributed by atoms with Gasteiger partial charge in [0.2, 0.25) is 0 Å². The number of hydrogen-bond donors (Lipinski definition) is 0. The molecule has 1 nitrogen and oxygen atoms in total. The highest BCUT2D eigenvalue weighted by Gasteiger charge is 1.97. The lowest BCUT2D eigenvalue weighted by atomic mass is 10.1. The van der Waals surface area contributed by atoms with Crippen LogP contribution in [0.25, 0.3) is 0 Å². The average Bonchev–Trinajstić information content (AvgIpc) is 2.13. The quantitative estimate of drug-likeness (QED) is 0.589. The molecule has 0 spiro atoms. The molecule has 0 amide bonds. The Hall–Kier alpha value is -0.720. The summed E-state index contributed by atoms with van der Waals surface area (Å²) in [6.45, 7) is 4.49. The number of rotatable bonds is 2. The van der Waals surface area contributed by atoms with Crippen molar-refractivity contribution in [2.75, 3.05) is 0 Å². The van der Waals surface area contributed by atoms with E-state index < -0.39 is 0 Å². The lowest BCUT2D eigenvalue weighted by Gasteiger charge is -1.99. The number of nitrogens with zero attached hydrogens (tertiary/aromatic N) is 1. The standard InChI is InChI=1S/C9H15N/c1-8(2)6-9-4-5-10(3)7-9/h4-5,7-8H,6H2,1-3H3. The Labute approximate surface area is 62.7 Å². The van der Waals surface area contributed by atoms with Gasteiger partial charge in [-0.05, 0) is 24.0 Å². The van der Waals surface area contributed by atoms with Crippen molar-refractivity contribution in [3.05, 3.63) is 24.0 Å². The zero-order valence-electron chi connectivity index (χ0n) is 6.96. The van der Waals surface area contributed by atoms with Gasteiger partial charge in [-0.15, -0.1) is 0 Å². The van der Waals surface area contributed by atoms with Crippen molar-refractivity contribution >= 4 is 0 Å². The Balaban J connectivity index is 2.58. The highest BCUT2D eigenvalue weighted by Crippen LogP contribution is 2.06. The maximum absolute atomic E-state index is 2.24. The van der Waals surface area contributed by atoms with E-state index in [0.717, 1.165) is 5.92 Å². The number of aromatic nitrogens is 1. The molecule has 0 N–H and O–H groups in total. The second kappa shape index (κ2) is 2.91. The molecule has 10 heavy (non-hydrogen) atoms. The Kier molecular flexibility index (Phi) is 2.15. The molecule has 0 unspecified atom stereocenters. The van der Waals surface area contributed by atoms with Gasteiger partial charge in [0, 0.05) is 19.4 Å². The molecule has 1 aromatic heterocycles.